The number of likely N-dealkylation sites (N-methyl/N-ethyl adjacent to an activating group) is 1. The highest BCUT2D eigenvalue weighted by molar-refractivity contribution is 9.10. The molecule has 1 fully saturated rings. The summed E-state index contributed by atoms with van der Waals surface area (Å²) < 4.78 is 7.03. The lowest BCUT2D eigenvalue weighted by molar-refractivity contribution is 0.336. The minimum absolute atomic E-state index is 0.490. The molecule has 0 spiro atoms. The first-order valence-electron chi connectivity index (χ1n) is 7.30. The van der Waals surface area contributed by atoms with Crippen LogP contribution in [0.2, 0.25) is 0 Å². The molecule has 1 unspecified atom stereocenters. The first-order valence-corrected chi connectivity index (χ1v) is 8.09. The summed E-state index contributed by atoms with van der Waals surface area (Å²) in [5.74, 6) is 1.15. The van der Waals surface area contributed by atoms with E-state index in [1.54, 1.807) is 0 Å². The predicted molar refractivity (Wildman–Crippen MR) is 81.9 cm³/mol. The van der Waals surface area contributed by atoms with Crippen LogP contribution in [0.3, 0.4) is 0 Å². The van der Waals surface area contributed by atoms with Gasteiger partial charge in [-0.25, -0.2) is 0 Å². The Bertz CT molecular complexity index is 482. The molecule has 19 heavy (non-hydrogen) atoms. The van der Waals surface area contributed by atoms with Crippen LogP contribution in [0, 0.1) is 5.41 Å². The zero-order chi connectivity index (χ0) is 13.5. The van der Waals surface area contributed by atoms with Gasteiger partial charge in [0, 0.05) is 16.9 Å². The summed E-state index contributed by atoms with van der Waals surface area (Å²) in [5, 5.41) is 3.67. The van der Waals surface area contributed by atoms with Gasteiger partial charge in [0.15, 0.2) is 0 Å². The van der Waals surface area contributed by atoms with Crippen LogP contribution in [0.25, 0.3) is 0 Å². The summed E-state index contributed by atoms with van der Waals surface area (Å²) in [5.41, 5.74) is 3.21. The van der Waals surface area contributed by atoms with E-state index in [1.165, 1.54) is 28.4 Å². The molecule has 0 aromatic heterocycles. The van der Waals surface area contributed by atoms with Gasteiger partial charge in [-0.1, -0.05) is 29.8 Å². The van der Waals surface area contributed by atoms with Crippen molar-refractivity contribution in [3.8, 4) is 5.75 Å². The van der Waals surface area contributed by atoms with Crippen LogP contribution in [0.4, 0.5) is 0 Å². The van der Waals surface area contributed by atoms with Crippen LogP contribution in [0.15, 0.2) is 16.6 Å². The Kier molecular flexibility index (Phi) is 3.61. The minimum Gasteiger partial charge on any atom is -0.493 e. The molecular weight excluding hydrogens is 302 g/mol. The van der Waals surface area contributed by atoms with Crippen molar-refractivity contribution in [1.29, 1.82) is 0 Å². The zero-order valence-corrected chi connectivity index (χ0v) is 13.3. The van der Waals surface area contributed by atoms with Gasteiger partial charge < -0.3 is 10.1 Å². The lowest BCUT2D eigenvalue weighted by Crippen LogP contribution is -2.38. The second-order valence-electron chi connectivity index (χ2n) is 6.12. The lowest BCUT2D eigenvalue weighted by atomic mass is 9.91. The van der Waals surface area contributed by atoms with E-state index in [2.05, 4.69) is 47.2 Å². The average molecular weight is 324 g/mol. The number of halogens is 1. The first-order chi connectivity index (χ1) is 9.12. The third kappa shape index (κ3) is 2.68. The SMILES string of the molecule is CCNC(Cc1cc(Br)cc2c1OCC2)C1(C)CC1. The molecule has 1 heterocycles. The molecule has 1 aliphatic heterocycles. The normalized spacial score (nSPS) is 20.8. The monoisotopic (exact) mass is 323 g/mol. The van der Waals surface area contributed by atoms with Crippen LogP contribution >= 0.6 is 15.9 Å². The molecule has 0 amide bonds. The molecule has 2 nitrogen and oxygen atoms in total. The second-order valence-corrected chi connectivity index (χ2v) is 7.04. The maximum Gasteiger partial charge on any atom is 0.125 e. The van der Waals surface area contributed by atoms with Crippen LogP contribution in [0.5, 0.6) is 5.75 Å². The highest BCUT2D eigenvalue weighted by Crippen LogP contribution is 2.49. The fourth-order valence-corrected chi connectivity index (χ4v) is 3.63. The Labute approximate surface area is 124 Å². The average Bonchev–Trinajstić information content (AvgIpc) is 2.94. The highest BCUT2D eigenvalue weighted by atomic mass is 79.9. The van der Waals surface area contributed by atoms with E-state index in [0.717, 1.165) is 31.7 Å². The number of rotatable bonds is 5. The predicted octanol–water partition coefficient (Wildman–Crippen LogP) is 3.70. The molecule has 1 atom stereocenters. The molecule has 0 radical (unpaired) electrons. The number of benzene rings is 1. The second kappa shape index (κ2) is 5.10. The standard InChI is InChI=1S/C16H22BrNO/c1-3-18-14(16(2)5-6-16)10-12-9-13(17)8-11-4-7-19-15(11)12/h8-9,14,18H,3-7,10H2,1-2H3. The van der Waals surface area contributed by atoms with Gasteiger partial charge in [-0.2, -0.15) is 0 Å². The molecule has 3 rings (SSSR count). The molecule has 0 saturated heterocycles. The zero-order valence-electron chi connectivity index (χ0n) is 11.8. The van der Waals surface area contributed by atoms with Gasteiger partial charge in [0.1, 0.15) is 5.75 Å². The number of nitrogens with one attached hydrogen (secondary N) is 1. The number of ether oxygens (including phenoxy) is 1. The third-order valence-electron chi connectivity index (χ3n) is 4.58. The number of hydrogen-bond donors (Lipinski definition) is 1. The van der Waals surface area contributed by atoms with Crippen molar-refractivity contribution in [2.45, 2.75) is 45.6 Å². The molecule has 2 aliphatic rings. The molecular formula is C16H22BrNO. The molecule has 3 heteroatoms. The molecule has 1 aromatic carbocycles. The Morgan fingerprint density at radius 3 is 2.89 bits per heavy atom. The van der Waals surface area contributed by atoms with Crippen molar-refractivity contribution in [1.82, 2.24) is 5.32 Å². The summed E-state index contributed by atoms with van der Waals surface area (Å²) in [4.78, 5) is 0. The summed E-state index contributed by atoms with van der Waals surface area (Å²) in [6, 6.07) is 5.01. The number of hydrogen-bond acceptors (Lipinski definition) is 2. The lowest BCUT2D eigenvalue weighted by Gasteiger charge is -2.25. The molecule has 0 bridgehead atoms. The Morgan fingerprint density at radius 1 is 1.42 bits per heavy atom. The third-order valence-corrected chi connectivity index (χ3v) is 5.04. The van der Waals surface area contributed by atoms with Gasteiger partial charge in [0.05, 0.1) is 6.61 Å². The van der Waals surface area contributed by atoms with Crippen molar-refractivity contribution in [2.75, 3.05) is 13.2 Å². The minimum atomic E-state index is 0.490. The fraction of sp³-hybridized carbons (Fsp3) is 0.625. The van der Waals surface area contributed by atoms with Crippen molar-refractivity contribution in [3.05, 3.63) is 27.7 Å². The van der Waals surface area contributed by atoms with Gasteiger partial charge in [0.2, 0.25) is 0 Å². The largest absolute Gasteiger partial charge is 0.493 e. The maximum absolute atomic E-state index is 5.85. The van der Waals surface area contributed by atoms with Crippen molar-refractivity contribution < 1.29 is 4.74 Å². The molecule has 1 saturated carbocycles. The van der Waals surface area contributed by atoms with Crippen molar-refractivity contribution in [2.24, 2.45) is 5.41 Å². The van der Waals surface area contributed by atoms with E-state index in [4.69, 9.17) is 4.74 Å². The Balaban J connectivity index is 1.86. The molecule has 1 N–H and O–H groups in total. The van der Waals surface area contributed by atoms with E-state index in [0.29, 0.717) is 11.5 Å². The van der Waals surface area contributed by atoms with Gasteiger partial charge in [0.25, 0.3) is 0 Å². The van der Waals surface area contributed by atoms with E-state index in [9.17, 15) is 0 Å². The summed E-state index contributed by atoms with van der Waals surface area (Å²) in [6.45, 7) is 6.47. The number of fused-ring (bicyclic) bond motifs is 1. The Morgan fingerprint density at radius 2 is 2.21 bits per heavy atom. The molecule has 1 aliphatic carbocycles. The van der Waals surface area contributed by atoms with Gasteiger partial charge >= 0.3 is 0 Å². The summed E-state index contributed by atoms with van der Waals surface area (Å²) in [6.07, 6.45) is 4.82. The summed E-state index contributed by atoms with van der Waals surface area (Å²) >= 11 is 3.63. The fourth-order valence-electron chi connectivity index (χ4n) is 3.07. The van der Waals surface area contributed by atoms with E-state index < -0.39 is 0 Å². The van der Waals surface area contributed by atoms with Crippen LogP contribution in [0.1, 0.15) is 37.8 Å². The van der Waals surface area contributed by atoms with Crippen LogP contribution in [-0.2, 0) is 12.8 Å². The van der Waals surface area contributed by atoms with E-state index in [-0.39, 0.29) is 0 Å². The van der Waals surface area contributed by atoms with Crippen LogP contribution < -0.4 is 10.1 Å². The molecule has 1 aromatic rings. The van der Waals surface area contributed by atoms with Crippen LogP contribution in [-0.4, -0.2) is 19.2 Å². The van der Waals surface area contributed by atoms with Gasteiger partial charge in [-0.3, -0.25) is 0 Å². The quantitative estimate of drug-likeness (QED) is 0.892. The smallest absolute Gasteiger partial charge is 0.125 e. The van der Waals surface area contributed by atoms with Gasteiger partial charge in [-0.15, -0.1) is 0 Å². The summed E-state index contributed by atoms with van der Waals surface area (Å²) in [7, 11) is 0. The van der Waals surface area contributed by atoms with Crippen molar-refractivity contribution >= 4 is 15.9 Å². The van der Waals surface area contributed by atoms with Crippen molar-refractivity contribution in [3.63, 3.8) is 0 Å². The highest BCUT2D eigenvalue weighted by Gasteiger charge is 2.44. The first kappa shape index (κ1) is 13.4. The van der Waals surface area contributed by atoms with E-state index >= 15 is 0 Å². The maximum atomic E-state index is 5.85. The van der Waals surface area contributed by atoms with E-state index in [1.807, 2.05) is 0 Å². The van der Waals surface area contributed by atoms with Gasteiger partial charge in [-0.05, 0) is 54.5 Å². The topological polar surface area (TPSA) is 21.3 Å². The molecule has 104 valence electrons. The Hall–Kier alpha value is -0.540.